The predicted molar refractivity (Wildman–Crippen MR) is 157 cm³/mol. The fraction of sp³-hybridized carbons (Fsp3) is 0.407. The third-order valence-corrected chi connectivity index (χ3v) is 7.44. The summed E-state index contributed by atoms with van der Waals surface area (Å²) in [5, 5.41) is 23.4. The monoisotopic (exact) mass is 538 g/mol. The largest absolute Gasteiger partial charge is 0.324 e. The molecular weight excluding hydrogens is 503 g/mol. The molecule has 4 rings (SSSR count). The Balaban J connectivity index is 1.57. The van der Waals surface area contributed by atoms with Gasteiger partial charge in [0.05, 0.1) is 6.20 Å². The van der Waals surface area contributed by atoms with Crippen molar-refractivity contribution >= 4 is 49.8 Å². The number of anilines is 4. The Morgan fingerprint density at radius 3 is 2.62 bits per heavy atom. The first-order chi connectivity index (χ1) is 17.6. The van der Waals surface area contributed by atoms with Gasteiger partial charge in [-0.05, 0) is 87.6 Å². The molecule has 2 aromatic heterocycles. The lowest BCUT2D eigenvalue weighted by Crippen LogP contribution is -2.36. The molecule has 1 saturated heterocycles. The van der Waals surface area contributed by atoms with Crippen LogP contribution in [0.15, 0.2) is 35.3 Å². The van der Waals surface area contributed by atoms with Crippen LogP contribution < -0.4 is 10.6 Å². The number of allylic oxidation sites excluding steroid dienone is 1. The van der Waals surface area contributed by atoms with E-state index in [9.17, 15) is 0 Å². The van der Waals surface area contributed by atoms with Crippen molar-refractivity contribution in [2.75, 3.05) is 23.7 Å². The Hall–Kier alpha value is -2.80. The summed E-state index contributed by atoms with van der Waals surface area (Å²) in [6, 6.07) is 6.69. The van der Waals surface area contributed by atoms with Crippen molar-refractivity contribution in [2.45, 2.75) is 59.9 Å². The van der Waals surface area contributed by atoms with Crippen molar-refractivity contribution in [1.82, 2.24) is 25.1 Å². The van der Waals surface area contributed by atoms with E-state index in [2.05, 4.69) is 77.8 Å². The Labute approximate surface area is 226 Å². The molecule has 1 fully saturated rings. The van der Waals surface area contributed by atoms with Crippen molar-refractivity contribution in [3.63, 3.8) is 0 Å². The minimum Gasteiger partial charge on any atom is -0.324 e. The number of likely N-dealkylation sites (tertiary alicyclic amines) is 1. The molecule has 10 heteroatoms. The van der Waals surface area contributed by atoms with Gasteiger partial charge in [-0.1, -0.05) is 24.1 Å². The molecule has 1 aliphatic heterocycles. The quantitative estimate of drug-likeness (QED) is 0.182. The highest BCUT2D eigenvalue weighted by molar-refractivity contribution is 7.22. The van der Waals surface area contributed by atoms with Crippen LogP contribution in [0.4, 0.5) is 23.3 Å². The summed E-state index contributed by atoms with van der Waals surface area (Å²) >= 11 is 6.33. The third-order valence-electron chi connectivity index (χ3n) is 6.82. The minimum atomic E-state index is 0.333. The number of hydrogen-bond donors (Lipinski definition) is 4. The highest BCUT2D eigenvalue weighted by atomic mass is 35.5. The molecule has 1 aliphatic rings. The van der Waals surface area contributed by atoms with Gasteiger partial charge in [0, 0.05) is 35.7 Å². The topological polar surface area (TPSA) is 106 Å². The number of benzene rings is 1. The highest BCUT2D eigenvalue weighted by Gasteiger charge is 2.27. The second-order valence-corrected chi connectivity index (χ2v) is 11.1. The maximum absolute atomic E-state index is 8.24. The number of halogens is 1. The van der Waals surface area contributed by atoms with Crippen molar-refractivity contribution in [1.29, 1.82) is 5.41 Å². The Kier molecular flexibility index (Phi) is 8.63. The number of rotatable bonds is 8. The van der Waals surface area contributed by atoms with Gasteiger partial charge in [-0.3, -0.25) is 10.00 Å². The van der Waals surface area contributed by atoms with E-state index >= 15 is 0 Å². The number of nitrogens with zero attached hydrogens (tertiary/aromatic N) is 4. The maximum Gasteiger partial charge on any atom is 0.229 e. The van der Waals surface area contributed by atoms with E-state index in [1.807, 2.05) is 19.9 Å². The molecule has 3 aromatic rings. The number of H-pyrrole nitrogens is 1. The molecule has 0 spiro atoms. The number of aromatic amines is 1. The lowest BCUT2D eigenvalue weighted by atomic mass is 9.90. The molecule has 0 saturated carbocycles. The summed E-state index contributed by atoms with van der Waals surface area (Å²) in [6.07, 6.45) is 5.11. The van der Waals surface area contributed by atoms with Crippen LogP contribution in [0.5, 0.6) is 0 Å². The van der Waals surface area contributed by atoms with Gasteiger partial charge in [-0.2, -0.15) is 10.1 Å². The van der Waals surface area contributed by atoms with Gasteiger partial charge in [0.2, 0.25) is 5.95 Å². The molecule has 0 radical (unpaired) electrons. The van der Waals surface area contributed by atoms with Gasteiger partial charge < -0.3 is 16.0 Å². The van der Waals surface area contributed by atoms with Crippen LogP contribution in [0.2, 0.25) is 5.02 Å². The van der Waals surface area contributed by atoms with E-state index in [4.69, 9.17) is 17.0 Å². The van der Waals surface area contributed by atoms with Crippen LogP contribution in [0, 0.1) is 26.2 Å². The molecule has 196 valence electrons. The van der Waals surface area contributed by atoms with Gasteiger partial charge in [0.1, 0.15) is 5.02 Å². The first kappa shape index (κ1) is 27.2. The van der Waals surface area contributed by atoms with Crippen LogP contribution in [0.25, 0.3) is 0 Å². The number of nitrogens with one attached hydrogen (secondary N) is 4. The smallest absolute Gasteiger partial charge is 0.229 e. The molecular formula is C27H36ClN8P. The van der Waals surface area contributed by atoms with E-state index in [1.165, 1.54) is 24.0 Å². The molecule has 3 heterocycles. The SMILES string of the molecule is CC(=N)/C(CN1CCCCC1c1cc(C)c(Nc2ncc(Cl)c(Nc3cc(C)[nH]n3)n2)cc1C)=C(/C)P. The van der Waals surface area contributed by atoms with Gasteiger partial charge in [0.15, 0.2) is 11.6 Å². The summed E-state index contributed by atoms with van der Waals surface area (Å²) in [7, 11) is 2.78. The molecule has 8 nitrogen and oxygen atoms in total. The zero-order chi connectivity index (χ0) is 26.7. The van der Waals surface area contributed by atoms with Crippen molar-refractivity contribution in [2.24, 2.45) is 0 Å². The van der Waals surface area contributed by atoms with Crippen LogP contribution >= 0.6 is 20.8 Å². The fourth-order valence-electron chi connectivity index (χ4n) is 4.85. The second kappa shape index (κ2) is 11.7. The number of aromatic nitrogens is 4. The predicted octanol–water partition coefficient (Wildman–Crippen LogP) is 6.98. The number of aryl methyl sites for hydroxylation is 3. The van der Waals surface area contributed by atoms with Crippen LogP contribution in [-0.2, 0) is 0 Å². The molecule has 0 amide bonds. The molecule has 0 bridgehead atoms. The van der Waals surface area contributed by atoms with Gasteiger partial charge in [-0.25, -0.2) is 4.98 Å². The van der Waals surface area contributed by atoms with Crippen LogP contribution in [0.3, 0.4) is 0 Å². The maximum atomic E-state index is 8.24. The average molecular weight is 539 g/mol. The molecule has 2 atom stereocenters. The highest BCUT2D eigenvalue weighted by Crippen LogP contribution is 2.36. The standard InChI is InChI=1S/C27H36ClN8P/c1-15-11-23(31-27-30-13-22(28)26(33-27)32-25-12-17(3)34-35-25)16(2)10-20(15)24-8-6-7-9-36(24)14-21(18(4)29)19(5)37/h10-13,24,29H,6-9,14,37H2,1-5H3,(H3,30,31,32,33,34,35)/b21-19-,29-18?. The van der Waals surface area contributed by atoms with Gasteiger partial charge in [0.25, 0.3) is 0 Å². The average Bonchev–Trinajstić information content (AvgIpc) is 3.26. The molecule has 4 N–H and O–H groups in total. The number of piperidine rings is 1. The molecule has 2 unspecified atom stereocenters. The first-order valence-electron chi connectivity index (χ1n) is 12.6. The normalized spacial score (nSPS) is 16.9. The molecule has 1 aromatic carbocycles. The Morgan fingerprint density at radius 1 is 1.16 bits per heavy atom. The fourth-order valence-corrected chi connectivity index (χ4v) is 5.29. The zero-order valence-corrected chi connectivity index (χ0v) is 24.1. The van der Waals surface area contributed by atoms with E-state index < -0.39 is 0 Å². The van der Waals surface area contributed by atoms with E-state index in [1.54, 1.807) is 6.20 Å². The van der Waals surface area contributed by atoms with E-state index in [0.29, 0.717) is 34.4 Å². The zero-order valence-electron chi connectivity index (χ0n) is 22.2. The lowest BCUT2D eigenvalue weighted by molar-refractivity contribution is 0.163. The van der Waals surface area contributed by atoms with Crippen molar-refractivity contribution in [3.05, 3.63) is 62.7 Å². The third kappa shape index (κ3) is 6.56. The van der Waals surface area contributed by atoms with Crippen LogP contribution in [-0.4, -0.2) is 43.9 Å². The summed E-state index contributed by atoms with van der Waals surface area (Å²) in [5.74, 6) is 1.59. The second-order valence-electron chi connectivity index (χ2n) is 9.87. The lowest BCUT2D eigenvalue weighted by Gasteiger charge is -2.38. The Morgan fingerprint density at radius 2 is 1.95 bits per heavy atom. The number of hydrogen-bond acceptors (Lipinski definition) is 7. The van der Waals surface area contributed by atoms with Gasteiger partial charge in [-0.15, -0.1) is 9.24 Å². The minimum absolute atomic E-state index is 0.333. The van der Waals surface area contributed by atoms with Gasteiger partial charge >= 0.3 is 0 Å². The summed E-state index contributed by atoms with van der Waals surface area (Å²) < 4.78 is 0. The molecule has 0 aliphatic carbocycles. The van der Waals surface area contributed by atoms with Crippen LogP contribution in [0.1, 0.15) is 61.5 Å². The first-order valence-corrected chi connectivity index (χ1v) is 13.5. The summed E-state index contributed by atoms with van der Waals surface area (Å²) in [6.45, 7) is 12.0. The van der Waals surface area contributed by atoms with E-state index in [-0.39, 0.29) is 0 Å². The summed E-state index contributed by atoms with van der Waals surface area (Å²) in [4.78, 5) is 11.5. The van der Waals surface area contributed by atoms with Crippen molar-refractivity contribution in [3.8, 4) is 0 Å². The van der Waals surface area contributed by atoms with Crippen molar-refractivity contribution < 1.29 is 0 Å². The van der Waals surface area contributed by atoms with E-state index in [0.717, 1.165) is 47.3 Å². The Bertz CT molecular complexity index is 1330. The molecule has 37 heavy (non-hydrogen) atoms. The summed E-state index contributed by atoms with van der Waals surface area (Å²) in [5.41, 5.74) is 7.36.